The van der Waals surface area contributed by atoms with Crippen LogP contribution in [0.1, 0.15) is 29.6 Å². The Morgan fingerprint density at radius 1 is 1.14 bits per heavy atom. The molecule has 0 unspecified atom stereocenters. The molecule has 0 radical (unpaired) electrons. The third-order valence-electron chi connectivity index (χ3n) is 3.96. The van der Waals surface area contributed by atoms with Gasteiger partial charge in [-0.1, -0.05) is 25.1 Å². The zero-order valence-electron chi connectivity index (χ0n) is 12.0. The van der Waals surface area contributed by atoms with Crippen LogP contribution in [-0.4, -0.2) is 9.97 Å². The Morgan fingerprint density at radius 3 is 2.81 bits per heavy atom. The van der Waals surface area contributed by atoms with Gasteiger partial charge in [-0.05, 0) is 37.0 Å². The fourth-order valence-electron chi connectivity index (χ4n) is 2.95. The third kappa shape index (κ3) is 2.20. The highest BCUT2D eigenvalue weighted by atomic mass is 32.1. The summed E-state index contributed by atoms with van der Waals surface area (Å²) >= 11 is 1.85. The summed E-state index contributed by atoms with van der Waals surface area (Å²) in [6.45, 7) is 2.11. The Morgan fingerprint density at radius 2 is 2.00 bits per heavy atom. The van der Waals surface area contributed by atoms with Crippen molar-refractivity contribution in [2.24, 2.45) is 0 Å². The standard InChI is InChI=1S/C17H17N3S/c1-2-14-19-16(18-11-7-4-3-5-8-11)15-12-9-6-10-13(12)21-17(15)20-14/h3-5,7-8H,2,6,9-10H2,1H3,(H,18,19,20). The van der Waals surface area contributed by atoms with Crippen molar-refractivity contribution in [2.75, 3.05) is 5.32 Å². The highest BCUT2D eigenvalue weighted by Crippen LogP contribution is 2.40. The molecule has 1 N–H and O–H groups in total. The Hall–Kier alpha value is -1.94. The van der Waals surface area contributed by atoms with Crippen LogP contribution >= 0.6 is 11.3 Å². The molecule has 3 aromatic rings. The van der Waals surface area contributed by atoms with Crippen molar-refractivity contribution in [1.29, 1.82) is 0 Å². The zero-order valence-corrected chi connectivity index (χ0v) is 12.8. The van der Waals surface area contributed by atoms with Gasteiger partial charge in [-0.15, -0.1) is 11.3 Å². The predicted molar refractivity (Wildman–Crippen MR) is 88.5 cm³/mol. The van der Waals surface area contributed by atoms with E-state index >= 15 is 0 Å². The molecule has 21 heavy (non-hydrogen) atoms. The lowest BCUT2D eigenvalue weighted by Crippen LogP contribution is -2.00. The number of fused-ring (bicyclic) bond motifs is 3. The van der Waals surface area contributed by atoms with Crippen molar-refractivity contribution in [3.05, 3.63) is 46.6 Å². The zero-order chi connectivity index (χ0) is 14.2. The van der Waals surface area contributed by atoms with E-state index in [1.165, 1.54) is 28.7 Å². The monoisotopic (exact) mass is 295 g/mol. The van der Waals surface area contributed by atoms with Crippen LogP contribution in [0.3, 0.4) is 0 Å². The highest BCUT2D eigenvalue weighted by molar-refractivity contribution is 7.19. The molecule has 4 rings (SSSR count). The smallest absolute Gasteiger partial charge is 0.143 e. The highest BCUT2D eigenvalue weighted by Gasteiger charge is 2.22. The van der Waals surface area contributed by atoms with Crippen molar-refractivity contribution in [1.82, 2.24) is 9.97 Å². The third-order valence-corrected chi connectivity index (χ3v) is 5.15. The van der Waals surface area contributed by atoms with Crippen molar-refractivity contribution in [2.45, 2.75) is 32.6 Å². The van der Waals surface area contributed by atoms with E-state index in [0.717, 1.165) is 35.0 Å². The molecule has 106 valence electrons. The second kappa shape index (κ2) is 5.11. The first kappa shape index (κ1) is 12.8. The lowest BCUT2D eigenvalue weighted by atomic mass is 10.2. The average Bonchev–Trinajstić information content (AvgIpc) is 3.08. The molecule has 1 aliphatic rings. The van der Waals surface area contributed by atoms with Gasteiger partial charge in [0.25, 0.3) is 0 Å². The number of hydrogen-bond donors (Lipinski definition) is 1. The van der Waals surface area contributed by atoms with Gasteiger partial charge in [0.2, 0.25) is 0 Å². The van der Waals surface area contributed by atoms with E-state index in [0.29, 0.717) is 0 Å². The number of aryl methyl sites for hydroxylation is 3. The molecular formula is C17H17N3S. The number of rotatable bonds is 3. The quantitative estimate of drug-likeness (QED) is 0.774. The molecule has 1 aromatic carbocycles. The molecule has 0 saturated heterocycles. The van der Waals surface area contributed by atoms with Crippen LogP contribution in [0.2, 0.25) is 0 Å². The summed E-state index contributed by atoms with van der Waals surface area (Å²) in [4.78, 5) is 12.1. The van der Waals surface area contributed by atoms with E-state index in [4.69, 9.17) is 9.97 Å². The summed E-state index contributed by atoms with van der Waals surface area (Å²) < 4.78 is 0. The van der Waals surface area contributed by atoms with Gasteiger partial charge in [-0.25, -0.2) is 9.97 Å². The number of aromatic nitrogens is 2. The fraction of sp³-hybridized carbons (Fsp3) is 0.294. The second-order valence-corrected chi connectivity index (χ2v) is 6.45. The summed E-state index contributed by atoms with van der Waals surface area (Å²) in [6.07, 6.45) is 4.48. The second-order valence-electron chi connectivity index (χ2n) is 5.37. The fourth-order valence-corrected chi connectivity index (χ4v) is 4.23. The van der Waals surface area contributed by atoms with Gasteiger partial charge in [0.1, 0.15) is 16.5 Å². The van der Waals surface area contributed by atoms with Crippen LogP contribution in [0.25, 0.3) is 10.2 Å². The normalized spacial score (nSPS) is 13.6. The number of para-hydroxylation sites is 1. The Bertz CT molecular complexity index is 793. The first-order chi connectivity index (χ1) is 10.3. The van der Waals surface area contributed by atoms with Crippen LogP contribution < -0.4 is 5.32 Å². The first-order valence-corrected chi connectivity index (χ1v) is 8.30. The molecule has 0 spiro atoms. The molecule has 0 bridgehead atoms. The summed E-state index contributed by atoms with van der Waals surface area (Å²) in [5.74, 6) is 1.89. The molecular weight excluding hydrogens is 278 g/mol. The Labute approximate surface area is 128 Å². The SMILES string of the molecule is CCc1nc(Nc2ccccc2)c2c3c(sc2n1)CCC3. The predicted octanol–water partition coefficient (Wildman–Crippen LogP) is 4.49. The van der Waals surface area contributed by atoms with Crippen LogP contribution in [0.15, 0.2) is 30.3 Å². The van der Waals surface area contributed by atoms with Gasteiger partial charge in [0, 0.05) is 17.0 Å². The summed E-state index contributed by atoms with van der Waals surface area (Å²) in [5.41, 5.74) is 2.55. The molecule has 0 saturated carbocycles. The molecule has 4 heteroatoms. The molecule has 0 fully saturated rings. The van der Waals surface area contributed by atoms with Crippen molar-refractivity contribution in [3.63, 3.8) is 0 Å². The molecule has 1 aliphatic carbocycles. The number of benzene rings is 1. The maximum Gasteiger partial charge on any atom is 0.143 e. The number of nitrogens with zero attached hydrogens (tertiary/aromatic N) is 2. The van der Waals surface area contributed by atoms with Crippen LogP contribution in [-0.2, 0) is 19.3 Å². The van der Waals surface area contributed by atoms with E-state index in [-0.39, 0.29) is 0 Å². The largest absolute Gasteiger partial charge is 0.340 e. The summed E-state index contributed by atoms with van der Waals surface area (Å²) in [7, 11) is 0. The molecule has 0 atom stereocenters. The van der Waals surface area contributed by atoms with Crippen LogP contribution in [0.5, 0.6) is 0 Å². The van der Waals surface area contributed by atoms with Gasteiger partial charge in [0.15, 0.2) is 0 Å². The lowest BCUT2D eigenvalue weighted by Gasteiger charge is -2.09. The maximum atomic E-state index is 4.75. The number of thiophene rings is 1. The minimum Gasteiger partial charge on any atom is -0.340 e. The van der Waals surface area contributed by atoms with Crippen molar-refractivity contribution in [3.8, 4) is 0 Å². The van der Waals surface area contributed by atoms with E-state index in [1.54, 1.807) is 0 Å². The lowest BCUT2D eigenvalue weighted by molar-refractivity contribution is 0.915. The molecule has 3 nitrogen and oxygen atoms in total. The Balaban J connectivity index is 1.89. The van der Waals surface area contributed by atoms with E-state index in [2.05, 4.69) is 24.4 Å². The molecule has 0 amide bonds. The minimum atomic E-state index is 0.863. The van der Waals surface area contributed by atoms with Crippen molar-refractivity contribution < 1.29 is 0 Å². The molecule has 2 aromatic heterocycles. The number of nitrogens with one attached hydrogen (secondary N) is 1. The van der Waals surface area contributed by atoms with Crippen LogP contribution in [0, 0.1) is 0 Å². The molecule has 0 aliphatic heterocycles. The Kier molecular flexibility index (Phi) is 3.11. The molecule has 2 heterocycles. The first-order valence-electron chi connectivity index (χ1n) is 7.48. The van der Waals surface area contributed by atoms with Gasteiger partial charge in [-0.3, -0.25) is 0 Å². The van der Waals surface area contributed by atoms with E-state index < -0.39 is 0 Å². The maximum absolute atomic E-state index is 4.75. The van der Waals surface area contributed by atoms with Crippen LogP contribution in [0.4, 0.5) is 11.5 Å². The van der Waals surface area contributed by atoms with Gasteiger partial charge < -0.3 is 5.32 Å². The van der Waals surface area contributed by atoms with E-state index in [9.17, 15) is 0 Å². The topological polar surface area (TPSA) is 37.8 Å². The number of hydrogen-bond acceptors (Lipinski definition) is 4. The van der Waals surface area contributed by atoms with Crippen molar-refractivity contribution >= 4 is 33.1 Å². The minimum absolute atomic E-state index is 0.863. The van der Waals surface area contributed by atoms with E-state index in [1.807, 2.05) is 29.5 Å². The summed E-state index contributed by atoms with van der Waals surface area (Å²) in [5, 5.41) is 4.74. The summed E-state index contributed by atoms with van der Waals surface area (Å²) in [6, 6.07) is 10.3. The average molecular weight is 295 g/mol. The number of anilines is 2. The van der Waals surface area contributed by atoms with Gasteiger partial charge in [-0.2, -0.15) is 0 Å². The van der Waals surface area contributed by atoms with Gasteiger partial charge >= 0.3 is 0 Å². The van der Waals surface area contributed by atoms with Gasteiger partial charge in [0.05, 0.1) is 5.39 Å².